The molecule has 1 fully saturated rings. The van der Waals surface area contributed by atoms with E-state index in [4.69, 9.17) is 0 Å². The van der Waals surface area contributed by atoms with Crippen LogP contribution in [0, 0.1) is 0 Å². The molecule has 0 amide bonds. The van der Waals surface area contributed by atoms with Gasteiger partial charge in [0.1, 0.15) is 12.0 Å². The molecular formula is C13H19FN2. The quantitative estimate of drug-likeness (QED) is 0.726. The molecule has 0 radical (unpaired) electrons. The lowest BCUT2D eigenvalue weighted by Crippen LogP contribution is -2.25. The van der Waals surface area contributed by atoms with E-state index in [9.17, 15) is 4.39 Å². The molecule has 2 rings (SSSR count). The zero-order chi connectivity index (χ0) is 11.8. The highest BCUT2D eigenvalue weighted by Gasteiger charge is 2.27. The maximum Gasteiger partial charge on any atom is 0.132 e. The van der Waals surface area contributed by atoms with Gasteiger partial charge in [-0.25, -0.2) is 9.37 Å². The minimum atomic E-state index is -0.699. The number of pyridine rings is 1. The summed E-state index contributed by atoms with van der Waals surface area (Å²) in [7, 11) is 0. The third kappa shape index (κ3) is 2.18. The van der Waals surface area contributed by atoms with Crippen LogP contribution in [0.3, 0.4) is 0 Å². The molecule has 0 bridgehead atoms. The maximum atomic E-state index is 13.2. The fraction of sp³-hybridized carbons (Fsp3) is 0.615. The summed E-state index contributed by atoms with van der Waals surface area (Å²) in [5, 5.41) is 0. The van der Waals surface area contributed by atoms with E-state index < -0.39 is 6.17 Å². The molecule has 0 spiro atoms. The van der Waals surface area contributed by atoms with Crippen molar-refractivity contribution in [2.24, 2.45) is 0 Å². The molecule has 0 aliphatic carbocycles. The Labute approximate surface area is 96.5 Å². The number of alkyl halides is 1. The van der Waals surface area contributed by atoms with Gasteiger partial charge in [-0.1, -0.05) is 26.8 Å². The van der Waals surface area contributed by atoms with Gasteiger partial charge in [0.15, 0.2) is 0 Å². The molecule has 2 heterocycles. The van der Waals surface area contributed by atoms with Gasteiger partial charge >= 0.3 is 0 Å². The third-order valence-electron chi connectivity index (χ3n) is 3.02. The molecule has 1 aromatic heterocycles. The Hall–Kier alpha value is -1.12. The standard InChI is InChI=1S/C13H19FN2/c1-13(2,3)11-5-4-7-15-12(11)16-8-6-10(14)9-16/h4-5,7,10H,6,8-9H2,1-3H3. The maximum absolute atomic E-state index is 13.2. The van der Waals surface area contributed by atoms with Crippen molar-refractivity contribution in [2.75, 3.05) is 18.0 Å². The summed E-state index contributed by atoms with van der Waals surface area (Å²) in [6, 6.07) is 4.04. The highest BCUT2D eigenvalue weighted by molar-refractivity contribution is 5.51. The summed E-state index contributed by atoms with van der Waals surface area (Å²) < 4.78 is 13.2. The zero-order valence-corrected chi connectivity index (χ0v) is 10.2. The molecule has 1 aromatic rings. The predicted octanol–water partition coefficient (Wildman–Crippen LogP) is 2.93. The topological polar surface area (TPSA) is 16.1 Å². The number of nitrogens with zero attached hydrogens (tertiary/aromatic N) is 2. The molecule has 0 N–H and O–H groups in total. The molecular weight excluding hydrogens is 203 g/mol. The average molecular weight is 222 g/mol. The van der Waals surface area contributed by atoms with Gasteiger partial charge in [0.2, 0.25) is 0 Å². The lowest BCUT2D eigenvalue weighted by Gasteiger charge is -2.27. The molecule has 3 heteroatoms. The van der Waals surface area contributed by atoms with Crippen molar-refractivity contribution in [3.05, 3.63) is 23.9 Å². The van der Waals surface area contributed by atoms with Crippen LogP contribution in [0.2, 0.25) is 0 Å². The van der Waals surface area contributed by atoms with Gasteiger partial charge in [-0.15, -0.1) is 0 Å². The van der Waals surface area contributed by atoms with Crippen molar-refractivity contribution < 1.29 is 4.39 Å². The highest BCUT2D eigenvalue weighted by Crippen LogP contribution is 2.32. The first-order chi connectivity index (χ1) is 7.48. The molecule has 0 saturated carbocycles. The van der Waals surface area contributed by atoms with Gasteiger partial charge in [0.25, 0.3) is 0 Å². The Morgan fingerprint density at radius 1 is 1.44 bits per heavy atom. The van der Waals surface area contributed by atoms with Crippen LogP contribution in [0.5, 0.6) is 0 Å². The van der Waals surface area contributed by atoms with Gasteiger partial charge in [0, 0.05) is 18.3 Å². The van der Waals surface area contributed by atoms with Gasteiger partial charge in [0.05, 0.1) is 6.54 Å². The van der Waals surface area contributed by atoms with Crippen molar-refractivity contribution in [2.45, 2.75) is 38.8 Å². The summed E-state index contributed by atoms with van der Waals surface area (Å²) >= 11 is 0. The van der Waals surface area contributed by atoms with Gasteiger partial charge < -0.3 is 4.90 Å². The van der Waals surface area contributed by atoms with E-state index in [0.29, 0.717) is 13.0 Å². The van der Waals surface area contributed by atoms with Crippen molar-refractivity contribution in [3.63, 3.8) is 0 Å². The van der Waals surface area contributed by atoms with Gasteiger partial charge in [-0.2, -0.15) is 0 Å². The largest absolute Gasteiger partial charge is 0.353 e. The minimum Gasteiger partial charge on any atom is -0.353 e. The van der Waals surface area contributed by atoms with Crippen LogP contribution < -0.4 is 4.90 Å². The molecule has 16 heavy (non-hydrogen) atoms. The van der Waals surface area contributed by atoms with E-state index in [1.165, 1.54) is 5.56 Å². The van der Waals surface area contributed by atoms with E-state index in [0.717, 1.165) is 12.4 Å². The van der Waals surface area contributed by atoms with Crippen molar-refractivity contribution in [3.8, 4) is 0 Å². The van der Waals surface area contributed by atoms with E-state index in [1.54, 1.807) is 6.20 Å². The Morgan fingerprint density at radius 2 is 2.19 bits per heavy atom. The number of anilines is 1. The van der Waals surface area contributed by atoms with Crippen LogP contribution in [-0.4, -0.2) is 24.2 Å². The Kier molecular flexibility index (Phi) is 2.87. The summed E-state index contributed by atoms with van der Waals surface area (Å²) in [5.74, 6) is 0.954. The Balaban J connectivity index is 2.34. The average Bonchev–Trinajstić information content (AvgIpc) is 2.64. The fourth-order valence-corrected chi connectivity index (χ4v) is 2.14. The van der Waals surface area contributed by atoms with Crippen LogP contribution in [-0.2, 0) is 5.41 Å². The van der Waals surface area contributed by atoms with Crippen LogP contribution in [0.25, 0.3) is 0 Å². The first-order valence-corrected chi connectivity index (χ1v) is 5.83. The van der Waals surface area contributed by atoms with Crippen LogP contribution in [0.4, 0.5) is 10.2 Å². The third-order valence-corrected chi connectivity index (χ3v) is 3.02. The molecule has 1 unspecified atom stereocenters. The number of hydrogen-bond acceptors (Lipinski definition) is 2. The van der Waals surface area contributed by atoms with Crippen LogP contribution >= 0.6 is 0 Å². The van der Waals surface area contributed by atoms with E-state index >= 15 is 0 Å². The van der Waals surface area contributed by atoms with Gasteiger partial charge in [-0.3, -0.25) is 0 Å². The number of rotatable bonds is 1. The summed E-state index contributed by atoms with van der Waals surface area (Å²) in [4.78, 5) is 6.48. The van der Waals surface area contributed by atoms with E-state index in [-0.39, 0.29) is 5.41 Å². The number of hydrogen-bond donors (Lipinski definition) is 0. The lowest BCUT2D eigenvalue weighted by molar-refractivity contribution is 0.364. The minimum absolute atomic E-state index is 0.0536. The predicted molar refractivity (Wildman–Crippen MR) is 64.7 cm³/mol. The Morgan fingerprint density at radius 3 is 2.75 bits per heavy atom. The van der Waals surface area contributed by atoms with Crippen molar-refractivity contribution >= 4 is 5.82 Å². The second-order valence-electron chi connectivity index (χ2n) is 5.46. The molecule has 1 atom stereocenters. The van der Waals surface area contributed by atoms with E-state index in [1.807, 2.05) is 6.07 Å². The summed E-state index contributed by atoms with van der Waals surface area (Å²) in [5.41, 5.74) is 1.25. The first-order valence-electron chi connectivity index (χ1n) is 5.83. The molecule has 1 aliphatic heterocycles. The summed E-state index contributed by atoms with van der Waals surface area (Å²) in [6.45, 7) is 7.75. The van der Waals surface area contributed by atoms with Crippen LogP contribution in [0.1, 0.15) is 32.8 Å². The van der Waals surface area contributed by atoms with Crippen molar-refractivity contribution in [1.82, 2.24) is 4.98 Å². The fourth-order valence-electron chi connectivity index (χ4n) is 2.14. The first kappa shape index (κ1) is 11.4. The monoisotopic (exact) mass is 222 g/mol. The Bertz CT molecular complexity index is 370. The molecule has 88 valence electrons. The SMILES string of the molecule is CC(C)(C)c1cccnc1N1CCC(F)C1. The number of aromatic nitrogens is 1. The van der Waals surface area contributed by atoms with Crippen LogP contribution in [0.15, 0.2) is 18.3 Å². The highest BCUT2D eigenvalue weighted by atomic mass is 19.1. The van der Waals surface area contributed by atoms with Crippen molar-refractivity contribution in [1.29, 1.82) is 0 Å². The molecule has 0 aromatic carbocycles. The van der Waals surface area contributed by atoms with E-state index in [2.05, 4.69) is 36.7 Å². The normalized spacial score (nSPS) is 21.5. The molecule has 1 aliphatic rings. The lowest BCUT2D eigenvalue weighted by atomic mass is 9.87. The zero-order valence-electron chi connectivity index (χ0n) is 10.2. The smallest absolute Gasteiger partial charge is 0.132 e. The second-order valence-corrected chi connectivity index (χ2v) is 5.46. The number of halogens is 1. The van der Waals surface area contributed by atoms with Gasteiger partial charge in [-0.05, 0) is 17.9 Å². The summed E-state index contributed by atoms with van der Waals surface area (Å²) in [6.07, 6.45) is 1.71. The molecule has 1 saturated heterocycles. The molecule has 2 nitrogen and oxygen atoms in total. The second kappa shape index (κ2) is 4.04.